The summed E-state index contributed by atoms with van der Waals surface area (Å²) in [5, 5.41) is 2.77. The molecule has 0 aromatic heterocycles. The second-order valence-corrected chi connectivity index (χ2v) is 10.2. The first kappa shape index (κ1) is 26.4. The molecule has 0 spiro atoms. The Morgan fingerprint density at radius 1 is 0.971 bits per heavy atom. The predicted octanol–water partition coefficient (Wildman–Crippen LogP) is 5.01. The zero-order chi connectivity index (χ0) is 25.6. The Labute approximate surface area is 214 Å². The second-order valence-electron chi connectivity index (χ2n) is 7.47. The predicted molar refractivity (Wildman–Crippen MR) is 139 cm³/mol. The number of hydrogen-bond acceptors (Lipinski definition) is 6. The molecule has 3 aromatic rings. The summed E-state index contributed by atoms with van der Waals surface area (Å²) in [4.78, 5) is 12.9. The van der Waals surface area contributed by atoms with E-state index >= 15 is 0 Å². The molecule has 186 valence electrons. The number of aryl methyl sites for hydroxylation is 1. The Hall–Kier alpha value is -3.24. The number of benzene rings is 3. The van der Waals surface area contributed by atoms with Gasteiger partial charge in [-0.3, -0.25) is 9.10 Å². The van der Waals surface area contributed by atoms with Gasteiger partial charge in [0.15, 0.2) is 11.5 Å². The summed E-state index contributed by atoms with van der Waals surface area (Å²) in [5.41, 5.74) is 1.81. The third kappa shape index (κ3) is 6.26. The van der Waals surface area contributed by atoms with Crippen LogP contribution >= 0.6 is 15.9 Å². The van der Waals surface area contributed by atoms with Gasteiger partial charge >= 0.3 is 0 Å². The molecule has 3 rings (SSSR count). The normalized spacial score (nSPS) is 11.0. The van der Waals surface area contributed by atoms with Crippen LogP contribution in [0.5, 0.6) is 17.2 Å². The third-order valence-electron chi connectivity index (χ3n) is 5.11. The van der Waals surface area contributed by atoms with Crippen molar-refractivity contribution < 1.29 is 27.4 Å². The number of rotatable bonds is 10. The summed E-state index contributed by atoms with van der Waals surface area (Å²) >= 11 is 3.43. The van der Waals surface area contributed by atoms with E-state index in [4.69, 9.17) is 14.2 Å². The monoisotopic (exact) mass is 562 g/mol. The molecule has 35 heavy (non-hydrogen) atoms. The van der Waals surface area contributed by atoms with Gasteiger partial charge in [0.25, 0.3) is 10.0 Å². The van der Waals surface area contributed by atoms with Crippen molar-refractivity contribution in [3.63, 3.8) is 0 Å². The van der Waals surface area contributed by atoms with Gasteiger partial charge in [0.2, 0.25) is 5.91 Å². The van der Waals surface area contributed by atoms with Crippen molar-refractivity contribution in [3.05, 3.63) is 70.7 Å². The fourth-order valence-corrected chi connectivity index (χ4v) is 5.03. The molecule has 0 aliphatic heterocycles. The fraction of sp³-hybridized carbons (Fsp3) is 0.240. The van der Waals surface area contributed by atoms with Gasteiger partial charge in [-0.05, 0) is 74.0 Å². The lowest BCUT2D eigenvalue weighted by atomic mass is 10.2. The Kier molecular flexibility index (Phi) is 8.63. The number of hydrogen-bond donors (Lipinski definition) is 1. The van der Waals surface area contributed by atoms with Crippen LogP contribution in [0.3, 0.4) is 0 Å². The van der Waals surface area contributed by atoms with E-state index in [2.05, 4.69) is 21.2 Å². The molecule has 8 nitrogen and oxygen atoms in total. The fourth-order valence-electron chi connectivity index (χ4n) is 3.35. The summed E-state index contributed by atoms with van der Waals surface area (Å²) in [6, 6.07) is 16.1. The third-order valence-corrected chi connectivity index (χ3v) is 7.77. The van der Waals surface area contributed by atoms with Gasteiger partial charge in [-0.2, -0.15) is 0 Å². The van der Waals surface area contributed by atoms with E-state index in [1.54, 1.807) is 36.4 Å². The minimum atomic E-state index is -4.15. The number of carbonyl (C=O) groups is 1. The van der Waals surface area contributed by atoms with Crippen LogP contribution in [-0.2, 0) is 14.8 Å². The number of amides is 1. The number of sulfonamides is 1. The maximum Gasteiger partial charge on any atom is 0.264 e. The van der Waals surface area contributed by atoms with E-state index in [1.165, 1.54) is 32.4 Å². The molecule has 0 aliphatic carbocycles. The molecule has 0 aliphatic rings. The van der Waals surface area contributed by atoms with Crippen molar-refractivity contribution in [2.24, 2.45) is 0 Å². The van der Waals surface area contributed by atoms with Gasteiger partial charge in [-0.25, -0.2) is 8.42 Å². The topological polar surface area (TPSA) is 94.2 Å². The van der Waals surface area contributed by atoms with Gasteiger partial charge in [-0.15, -0.1) is 0 Å². The van der Waals surface area contributed by atoms with Gasteiger partial charge < -0.3 is 19.5 Å². The molecule has 3 aromatic carbocycles. The Morgan fingerprint density at radius 3 is 2.26 bits per heavy atom. The molecule has 0 saturated heterocycles. The van der Waals surface area contributed by atoms with E-state index in [1.807, 2.05) is 19.9 Å². The van der Waals surface area contributed by atoms with Crippen LogP contribution in [0.1, 0.15) is 12.5 Å². The highest BCUT2D eigenvalue weighted by atomic mass is 79.9. The van der Waals surface area contributed by atoms with Crippen LogP contribution in [0.4, 0.5) is 11.4 Å². The molecule has 10 heteroatoms. The first-order chi connectivity index (χ1) is 16.7. The number of carbonyl (C=O) groups excluding carboxylic acids is 1. The molecule has 1 N–H and O–H groups in total. The van der Waals surface area contributed by atoms with Crippen molar-refractivity contribution in [2.45, 2.75) is 18.7 Å². The number of nitrogens with zero attached hydrogens (tertiary/aromatic N) is 1. The minimum Gasteiger partial charge on any atom is -0.494 e. The zero-order valence-corrected chi connectivity index (χ0v) is 22.3. The summed E-state index contributed by atoms with van der Waals surface area (Å²) in [6.07, 6.45) is 0. The van der Waals surface area contributed by atoms with Crippen molar-refractivity contribution in [2.75, 3.05) is 37.0 Å². The van der Waals surface area contributed by atoms with E-state index in [-0.39, 0.29) is 10.6 Å². The summed E-state index contributed by atoms with van der Waals surface area (Å²) < 4.78 is 45.3. The molecule has 0 bridgehead atoms. The highest BCUT2D eigenvalue weighted by Gasteiger charge is 2.28. The zero-order valence-electron chi connectivity index (χ0n) is 19.9. The molecule has 0 unspecified atom stereocenters. The van der Waals surface area contributed by atoms with Crippen LogP contribution in [-0.4, -0.2) is 41.7 Å². The lowest BCUT2D eigenvalue weighted by molar-refractivity contribution is -0.114. The largest absolute Gasteiger partial charge is 0.494 e. The van der Waals surface area contributed by atoms with E-state index in [0.29, 0.717) is 29.5 Å². The number of anilines is 2. The maximum atomic E-state index is 13.7. The van der Waals surface area contributed by atoms with Gasteiger partial charge in [0.1, 0.15) is 12.3 Å². The molecule has 0 fully saturated rings. The number of nitrogens with one attached hydrogen (secondary N) is 1. The van der Waals surface area contributed by atoms with Gasteiger partial charge in [-0.1, -0.05) is 15.9 Å². The number of ether oxygens (including phenoxy) is 3. The summed E-state index contributed by atoms with van der Waals surface area (Å²) in [6.45, 7) is 3.78. The standard InChI is InChI=1S/C25H27BrN2O6S/c1-5-34-20-9-7-19(8-10-20)28(16-25(29)27-18-6-12-22(26)17(2)14-18)35(30,31)21-11-13-23(32-3)24(15-21)33-4/h6-15H,5,16H2,1-4H3,(H,27,29). The highest BCUT2D eigenvalue weighted by Crippen LogP contribution is 2.32. The SMILES string of the molecule is CCOc1ccc(N(CC(=O)Nc2ccc(Br)c(C)c2)S(=O)(=O)c2ccc(OC)c(OC)c2)cc1. The Balaban J connectivity index is 1.98. The molecular formula is C25H27BrN2O6S. The first-order valence-corrected chi connectivity index (χ1v) is 13.0. The van der Waals surface area contributed by atoms with E-state index < -0.39 is 22.5 Å². The molecule has 1 amide bonds. The quantitative estimate of drug-likeness (QED) is 0.373. The number of halogens is 1. The van der Waals surface area contributed by atoms with E-state index in [0.717, 1.165) is 14.3 Å². The second kappa shape index (κ2) is 11.5. The lowest BCUT2D eigenvalue weighted by Crippen LogP contribution is -2.38. The van der Waals surface area contributed by atoms with Crippen LogP contribution in [0, 0.1) is 6.92 Å². The van der Waals surface area contributed by atoms with Crippen molar-refractivity contribution in [3.8, 4) is 17.2 Å². The lowest BCUT2D eigenvalue weighted by Gasteiger charge is -2.25. The average Bonchev–Trinajstić information content (AvgIpc) is 2.85. The van der Waals surface area contributed by atoms with E-state index in [9.17, 15) is 13.2 Å². The first-order valence-electron chi connectivity index (χ1n) is 10.7. The summed E-state index contributed by atoms with van der Waals surface area (Å²) in [7, 11) is -1.26. The van der Waals surface area contributed by atoms with Gasteiger partial charge in [0, 0.05) is 16.2 Å². The van der Waals surface area contributed by atoms with Crippen LogP contribution in [0.25, 0.3) is 0 Å². The Morgan fingerprint density at radius 2 is 1.66 bits per heavy atom. The Bertz CT molecular complexity index is 1300. The smallest absolute Gasteiger partial charge is 0.264 e. The van der Waals surface area contributed by atoms with Crippen molar-refractivity contribution in [1.29, 1.82) is 0 Å². The number of methoxy groups -OCH3 is 2. The highest BCUT2D eigenvalue weighted by molar-refractivity contribution is 9.10. The van der Waals surface area contributed by atoms with Crippen LogP contribution in [0.15, 0.2) is 70.0 Å². The molecule has 0 atom stereocenters. The molecule has 0 radical (unpaired) electrons. The van der Waals surface area contributed by atoms with Crippen molar-refractivity contribution in [1.82, 2.24) is 0 Å². The molecule has 0 heterocycles. The van der Waals surface area contributed by atoms with Crippen molar-refractivity contribution >= 4 is 43.2 Å². The maximum absolute atomic E-state index is 13.7. The van der Waals surface area contributed by atoms with Crippen LogP contribution < -0.4 is 23.8 Å². The van der Waals surface area contributed by atoms with Gasteiger partial charge in [0.05, 0.1) is 31.4 Å². The minimum absolute atomic E-state index is 0.0451. The molecule has 0 saturated carbocycles. The molecular weight excluding hydrogens is 536 g/mol. The average molecular weight is 563 g/mol. The summed E-state index contributed by atoms with van der Waals surface area (Å²) in [5.74, 6) is 0.747. The van der Waals surface area contributed by atoms with Crippen LogP contribution in [0.2, 0.25) is 0 Å².